The molecular formula is C18H17Cl2NO. The average molecular weight is 334 g/mol. The van der Waals surface area contributed by atoms with E-state index in [1.54, 1.807) is 17.0 Å². The second kappa shape index (κ2) is 7.48. The molecule has 0 heterocycles. The summed E-state index contributed by atoms with van der Waals surface area (Å²) >= 11 is 11.8. The minimum Gasteiger partial charge on any atom is -0.280 e. The molecule has 0 bridgehead atoms. The van der Waals surface area contributed by atoms with Gasteiger partial charge in [-0.15, -0.1) is 11.6 Å². The van der Waals surface area contributed by atoms with Crippen molar-refractivity contribution >= 4 is 40.5 Å². The lowest BCUT2D eigenvalue weighted by Gasteiger charge is -2.27. The Morgan fingerprint density at radius 3 is 2.09 bits per heavy atom. The molecule has 0 aliphatic rings. The second-order valence-electron chi connectivity index (χ2n) is 5.05. The molecule has 0 aromatic heterocycles. The van der Waals surface area contributed by atoms with Gasteiger partial charge >= 0.3 is 0 Å². The Balaban J connectivity index is 2.59. The molecule has 0 spiro atoms. The molecule has 0 radical (unpaired) electrons. The van der Waals surface area contributed by atoms with E-state index < -0.39 is 0 Å². The maximum Gasteiger partial charge on any atom is 0.246 e. The van der Waals surface area contributed by atoms with Gasteiger partial charge in [0.1, 0.15) is 5.88 Å². The highest BCUT2D eigenvalue weighted by atomic mass is 35.5. The van der Waals surface area contributed by atoms with Crippen molar-refractivity contribution in [3.05, 3.63) is 70.8 Å². The molecule has 0 aliphatic carbocycles. The van der Waals surface area contributed by atoms with E-state index in [0.717, 1.165) is 22.5 Å². The van der Waals surface area contributed by atoms with Gasteiger partial charge in [-0.2, -0.15) is 0 Å². The fourth-order valence-corrected chi connectivity index (χ4v) is 2.53. The van der Waals surface area contributed by atoms with Gasteiger partial charge in [0.05, 0.1) is 5.70 Å². The van der Waals surface area contributed by atoms with Crippen LogP contribution in [0.4, 0.5) is 5.69 Å². The molecule has 0 N–H and O–H groups in total. The van der Waals surface area contributed by atoms with Crippen LogP contribution in [0.3, 0.4) is 0 Å². The van der Waals surface area contributed by atoms with Crippen LogP contribution < -0.4 is 4.90 Å². The first kappa shape index (κ1) is 16.6. The number of allylic oxidation sites excluding steroid dienone is 1. The largest absolute Gasteiger partial charge is 0.280 e. The minimum absolute atomic E-state index is 0.0910. The Morgan fingerprint density at radius 2 is 1.59 bits per heavy atom. The Hall–Kier alpha value is -1.77. The van der Waals surface area contributed by atoms with Gasteiger partial charge in [-0.05, 0) is 43.7 Å². The van der Waals surface area contributed by atoms with Crippen molar-refractivity contribution in [1.29, 1.82) is 0 Å². The summed E-state index contributed by atoms with van der Waals surface area (Å²) in [6, 6.07) is 17.0. The monoisotopic (exact) mass is 333 g/mol. The van der Waals surface area contributed by atoms with Crippen LogP contribution >= 0.6 is 23.2 Å². The third-order valence-electron chi connectivity index (χ3n) is 3.19. The van der Waals surface area contributed by atoms with Crippen molar-refractivity contribution in [1.82, 2.24) is 0 Å². The SMILES string of the molecule is CC(C)=C(c1ccccc1)N(C(=O)CCl)c1ccc(Cl)cc1. The normalized spacial score (nSPS) is 10.2. The van der Waals surface area contributed by atoms with Crippen LogP contribution in [0.15, 0.2) is 60.2 Å². The topological polar surface area (TPSA) is 20.3 Å². The number of rotatable bonds is 4. The first-order valence-electron chi connectivity index (χ1n) is 6.92. The molecule has 2 nitrogen and oxygen atoms in total. The summed E-state index contributed by atoms with van der Waals surface area (Å²) in [5.41, 5.74) is 3.58. The van der Waals surface area contributed by atoms with Crippen LogP contribution in [0, 0.1) is 0 Å². The van der Waals surface area contributed by atoms with Gasteiger partial charge in [-0.25, -0.2) is 0 Å². The standard InChI is InChI=1S/C18H17Cl2NO/c1-13(2)18(14-6-4-3-5-7-14)21(17(22)12-19)16-10-8-15(20)9-11-16/h3-11H,12H2,1-2H3. The van der Waals surface area contributed by atoms with Gasteiger partial charge in [-0.3, -0.25) is 9.69 Å². The number of benzene rings is 2. The van der Waals surface area contributed by atoms with Gasteiger partial charge in [0.15, 0.2) is 0 Å². The Labute approximate surface area is 141 Å². The molecule has 0 saturated carbocycles. The number of halogens is 2. The smallest absolute Gasteiger partial charge is 0.246 e. The first-order valence-corrected chi connectivity index (χ1v) is 7.83. The number of hydrogen-bond acceptors (Lipinski definition) is 1. The lowest BCUT2D eigenvalue weighted by Crippen LogP contribution is -2.31. The predicted molar refractivity (Wildman–Crippen MR) is 94.4 cm³/mol. The summed E-state index contributed by atoms with van der Waals surface area (Å²) in [5.74, 6) is -0.268. The number of amides is 1. The van der Waals surface area contributed by atoms with Gasteiger partial charge < -0.3 is 0 Å². The summed E-state index contributed by atoms with van der Waals surface area (Å²) < 4.78 is 0. The maximum atomic E-state index is 12.4. The number of nitrogens with zero attached hydrogens (tertiary/aromatic N) is 1. The van der Waals surface area contributed by atoms with Crippen LogP contribution in [-0.2, 0) is 4.79 Å². The summed E-state index contributed by atoms with van der Waals surface area (Å²) in [6.07, 6.45) is 0. The predicted octanol–water partition coefficient (Wildman–Crippen LogP) is 5.36. The number of hydrogen-bond donors (Lipinski definition) is 0. The van der Waals surface area contributed by atoms with Crippen molar-refractivity contribution in [3.8, 4) is 0 Å². The van der Waals surface area contributed by atoms with E-state index in [0.29, 0.717) is 5.02 Å². The van der Waals surface area contributed by atoms with Crippen LogP contribution in [0.5, 0.6) is 0 Å². The van der Waals surface area contributed by atoms with Crippen molar-refractivity contribution in [2.45, 2.75) is 13.8 Å². The quantitative estimate of drug-likeness (QED) is 0.689. The molecular weight excluding hydrogens is 317 g/mol. The fraction of sp³-hybridized carbons (Fsp3) is 0.167. The van der Waals surface area contributed by atoms with Crippen LogP contribution in [0.2, 0.25) is 5.02 Å². The summed E-state index contributed by atoms with van der Waals surface area (Å²) in [5, 5.41) is 0.625. The molecule has 22 heavy (non-hydrogen) atoms. The molecule has 2 aromatic carbocycles. The van der Waals surface area contributed by atoms with Crippen molar-refractivity contribution in [3.63, 3.8) is 0 Å². The third kappa shape index (κ3) is 3.70. The first-order chi connectivity index (χ1) is 10.5. The summed E-state index contributed by atoms with van der Waals surface area (Å²) in [6.45, 7) is 3.96. The molecule has 0 aliphatic heterocycles. The van der Waals surface area contributed by atoms with Crippen LogP contribution in [0.25, 0.3) is 5.70 Å². The van der Waals surface area contributed by atoms with E-state index in [1.807, 2.05) is 56.3 Å². The number of anilines is 1. The highest BCUT2D eigenvalue weighted by molar-refractivity contribution is 6.31. The van der Waals surface area contributed by atoms with E-state index in [-0.39, 0.29) is 11.8 Å². The van der Waals surface area contributed by atoms with Gasteiger partial charge in [0, 0.05) is 10.7 Å². The molecule has 0 fully saturated rings. The second-order valence-corrected chi connectivity index (χ2v) is 5.76. The Bertz CT molecular complexity index is 674. The lowest BCUT2D eigenvalue weighted by atomic mass is 10.1. The van der Waals surface area contributed by atoms with E-state index in [4.69, 9.17) is 23.2 Å². The highest BCUT2D eigenvalue weighted by Crippen LogP contribution is 2.30. The molecule has 1 amide bonds. The minimum atomic E-state index is -0.177. The number of carbonyl (C=O) groups excluding carboxylic acids is 1. The Morgan fingerprint density at radius 1 is 1.00 bits per heavy atom. The molecule has 114 valence electrons. The molecule has 0 atom stereocenters. The lowest BCUT2D eigenvalue weighted by molar-refractivity contribution is -0.115. The molecule has 4 heteroatoms. The van der Waals surface area contributed by atoms with Crippen molar-refractivity contribution in [2.75, 3.05) is 10.8 Å². The van der Waals surface area contributed by atoms with E-state index >= 15 is 0 Å². The molecule has 2 rings (SSSR count). The van der Waals surface area contributed by atoms with E-state index in [2.05, 4.69) is 0 Å². The molecule has 2 aromatic rings. The van der Waals surface area contributed by atoms with Crippen molar-refractivity contribution in [2.24, 2.45) is 0 Å². The number of alkyl halides is 1. The number of carbonyl (C=O) groups is 1. The maximum absolute atomic E-state index is 12.4. The van der Waals surface area contributed by atoms with Gasteiger partial charge in [0.25, 0.3) is 0 Å². The zero-order chi connectivity index (χ0) is 16.1. The van der Waals surface area contributed by atoms with Crippen molar-refractivity contribution < 1.29 is 4.79 Å². The fourth-order valence-electron chi connectivity index (χ4n) is 2.29. The van der Waals surface area contributed by atoms with Crippen LogP contribution in [0.1, 0.15) is 19.4 Å². The van der Waals surface area contributed by atoms with Gasteiger partial charge in [-0.1, -0.05) is 47.5 Å². The highest BCUT2D eigenvalue weighted by Gasteiger charge is 2.21. The molecule has 0 saturated heterocycles. The molecule has 0 unspecified atom stereocenters. The zero-order valence-corrected chi connectivity index (χ0v) is 14.0. The van der Waals surface area contributed by atoms with Crippen LogP contribution in [-0.4, -0.2) is 11.8 Å². The Kier molecular flexibility index (Phi) is 5.64. The van der Waals surface area contributed by atoms with E-state index in [9.17, 15) is 4.79 Å². The van der Waals surface area contributed by atoms with E-state index in [1.165, 1.54) is 0 Å². The third-order valence-corrected chi connectivity index (χ3v) is 3.67. The summed E-state index contributed by atoms with van der Waals surface area (Å²) in [7, 11) is 0. The average Bonchev–Trinajstić information content (AvgIpc) is 2.53. The summed E-state index contributed by atoms with van der Waals surface area (Å²) in [4.78, 5) is 14.1. The van der Waals surface area contributed by atoms with Gasteiger partial charge in [0.2, 0.25) is 5.91 Å². The zero-order valence-electron chi connectivity index (χ0n) is 12.5.